The number of rotatable bonds is 7. The molecule has 1 aliphatic heterocycles. The molecule has 0 bridgehead atoms. The lowest BCUT2D eigenvalue weighted by Crippen LogP contribution is -2.35. The highest BCUT2D eigenvalue weighted by molar-refractivity contribution is 7.92. The van der Waals surface area contributed by atoms with Crippen molar-refractivity contribution in [1.82, 2.24) is 10.2 Å². The van der Waals surface area contributed by atoms with E-state index in [4.69, 9.17) is 11.6 Å². The summed E-state index contributed by atoms with van der Waals surface area (Å²) < 4.78 is 27.1. The zero-order valence-electron chi connectivity index (χ0n) is 16.9. The zero-order chi connectivity index (χ0) is 21.9. The molecule has 1 heterocycles. The smallest absolute Gasteiger partial charge is 0.264 e. The Bertz CT molecular complexity index is 1050. The Labute approximate surface area is 181 Å². The van der Waals surface area contributed by atoms with Crippen molar-refractivity contribution in [3.05, 3.63) is 58.6 Å². The molecule has 0 atom stereocenters. The Kier molecular flexibility index (Phi) is 6.67. The Morgan fingerprint density at radius 2 is 1.90 bits per heavy atom. The lowest BCUT2D eigenvalue weighted by atomic mass is 10.1. The van der Waals surface area contributed by atoms with Gasteiger partial charge in [0.15, 0.2) is 0 Å². The average Bonchev–Trinajstić information content (AvgIpc) is 3.13. The van der Waals surface area contributed by atoms with Crippen molar-refractivity contribution in [2.75, 3.05) is 31.0 Å². The van der Waals surface area contributed by atoms with Gasteiger partial charge in [-0.3, -0.25) is 13.9 Å². The molecule has 0 aromatic heterocycles. The molecule has 1 aliphatic rings. The number of nitrogens with zero attached hydrogens (tertiary/aromatic N) is 2. The average molecular weight is 450 g/mol. The molecule has 3 rings (SSSR count). The summed E-state index contributed by atoms with van der Waals surface area (Å²) >= 11 is 5.86. The molecule has 0 radical (unpaired) electrons. The number of amides is 2. The van der Waals surface area contributed by atoms with Crippen LogP contribution in [0.5, 0.6) is 0 Å². The lowest BCUT2D eigenvalue weighted by Gasteiger charge is -2.22. The van der Waals surface area contributed by atoms with Crippen LogP contribution in [0.1, 0.15) is 28.8 Å². The second-order valence-corrected chi connectivity index (χ2v) is 9.57. The van der Waals surface area contributed by atoms with Gasteiger partial charge in [0.25, 0.3) is 15.9 Å². The molecular formula is C21H24ClN3O4S. The van der Waals surface area contributed by atoms with Gasteiger partial charge in [-0.25, -0.2) is 8.42 Å². The molecule has 1 N–H and O–H groups in total. The third kappa shape index (κ3) is 4.76. The minimum Gasteiger partial charge on any atom is -0.350 e. The van der Waals surface area contributed by atoms with E-state index in [1.807, 2.05) is 0 Å². The number of benzene rings is 2. The first-order valence-corrected chi connectivity index (χ1v) is 11.4. The summed E-state index contributed by atoms with van der Waals surface area (Å²) in [5, 5.41) is 3.24. The number of anilines is 1. The molecule has 2 aromatic rings. The van der Waals surface area contributed by atoms with E-state index in [1.165, 1.54) is 31.3 Å². The summed E-state index contributed by atoms with van der Waals surface area (Å²) in [6.07, 6.45) is 1.41. The fourth-order valence-electron chi connectivity index (χ4n) is 3.33. The Morgan fingerprint density at radius 3 is 2.53 bits per heavy atom. The molecule has 7 nitrogen and oxygen atoms in total. The van der Waals surface area contributed by atoms with Crippen LogP contribution in [0.2, 0.25) is 5.02 Å². The van der Waals surface area contributed by atoms with Crippen LogP contribution in [-0.4, -0.2) is 51.8 Å². The molecule has 9 heteroatoms. The van der Waals surface area contributed by atoms with E-state index in [9.17, 15) is 18.0 Å². The van der Waals surface area contributed by atoms with Gasteiger partial charge in [-0.15, -0.1) is 0 Å². The summed E-state index contributed by atoms with van der Waals surface area (Å²) in [5.74, 6) is -0.212. The number of aryl methyl sites for hydroxylation is 1. The van der Waals surface area contributed by atoms with Gasteiger partial charge < -0.3 is 10.2 Å². The van der Waals surface area contributed by atoms with Crippen LogP contribution in [0.15, 0.2) is 47.4 Å². The van der Waals surface area contributed by atoms with E-state index in [0.717, 1.165) is 17.3 Å². The van der Waals surface area contributed by atoms with Gasteiger partial charge in [0.2, 0.25) is 5.91 Å². The molecule has 0 spiro atoms. The molecule has 1 saturated heterocycles. The third-order valence-electron chi connectivity index (χ3n) is 5.12. The molecule has 2 aromatic carbocycles. The van der Waals surface area contributed by atoms with Crippen LogP contribution in [0.25, 0.3) is 0 Å². The fraction of sp³-hybridized carbons (Fsp3) is 0.333. The maximum absolute atomic E-state index is 13.0. The molecule has 2 amide bonds. The molecular weight excluding hydrogens is 426 g/mol. The Hall–Kier alpha value is -2.58. The second-order valence-electron chi connectivity index (χ2n) is 7.17. The summed E-state index contributed by atoms with van der Waals surface area (Å²) in [4.78, 5) is 26.0. The standard InChI is InChI=1S/C21H24ClN3O4S/c1-15-5-6-16(21(27)23-11-13-25-12-3-4-20(25)26)14-19(15)24(2)30(28,29)18-9-7-17(22)8-10-18/h5-10,14H,3-4,11-13H2,1-2H3,(H,23,27). The van der Waals surface area contributed by atoms with Crippen LogP contribution >= 0.6 is 11.6 Å². The number of likely N-dealkylation sites (tertiary alicyclic amines) is 1. The zero-order valence-corrected chi connectivity index (χ0v) is 18.5. The first-order chi connectivity index (χ1) is 14.2. The Morgan fingerprint density at radius 1 is 1.20 bits per heavy atom. The number of carbonyl (C=O) groups excluding carboxylic acids is 2. The highest BCUT2D eigenvalue weighted by Crippen LogP contribution is 2.27. The predicted octanol–water partition coefficient (Wildman–Crippen LogP) is 2.83. The van der Waals surface area contributed by atoms with Gasteiger partial charge in [-0.2, -0.15) is 0 Å². The topological polar surface area (TPSA) is 86.8 Å². The van der Waals surface area contributed by atoms with Crippen LogP contribution in [0.4, 0.5) is 5.69 Å². The van der Waals surface area contributed by atoms with Crippen LogP contribution in [0, 0.1) is 6.92 Å². The van der Waals surface area contributed by atoms with E-state index in [2.05, 4.69) is 5.32 Å². The lowest BCUT2D eigenvalue weighted by molar-refractivity contribution is -0.127. The van der Waals surface area contributed by atoms with E-state index in [1.54, 1.807) is 30.0 Å². The normalized spacial score (nSPS) is 14.1. The van der Waals surface area contributed by atoms with E-state index < -0.39 is 10.0 Å². The third-order valence-corrected chi connectivity index (χ3v) is 7.16. The summed E-state index contributed by atoms with van der Waals surface area (Å²) in [6.45, 7) is 3.31. The minimum atomic E-state index is -3.81. The number of carbonyl (C=O) groups is 2. The first-order valence-electron chi connectivity index (χ1n) is 9.61. The highest BCUT2D eigenvalue weighted by atomic mass is 35.5. The minimum absolute atomic E-state index is 0.107. The molecule has 0 saturated carbocycles. The maximum Gasteiger partial charge on any atom is 0.264 e. The van der Waals surface area contributed by atoms with E-state index >= 15 is 0 Å². The van der Waals surface area contributed by atoms with Gasteiger partial charge in [-0.05, 0) is 55.3 Å². The summed E-state index contributed by atoms with van der Waals surface area (Å²) in [6, 6.07) is 10.8. The predicted molar refractivity (Wildman–Crippen MR) is 116 cm³/mol. The SMILES string of the molecule is Cc1ccc(C(=O)NCCN2CCCC2=O)cc1N(C)S(=O)(=O)c1ccc(Cl)cc1. The molecule has 30 heavy (non-hydrogen) atoms. The van der Waals surface area contributed by atoms with Crippen molar-refractivity contribution in [1.29, 1.82) is 0 Å². The molecule has 160 valence electrons. The van der Waals surface area contributed by atoms with Crippen molar-refractivity contribution >= 4 is 39.1 Å². The summed E-state index contributed by atoms with van der Waals surface area (Å²) in [7, 11) is -2.36. The number of hydrogen-bond acceptors (Lipinski definition) is 4. The van der Waals surface area contributed by atoms with Crippen LogP contribution in [-0.2, 0) is 14.8 Å². The molecule has 0 unspecified atom stereocenters. The number of nitrogens with one attached hydrogen (secondary N) is 1. The number of hydrogen-bond donors (Lipinski definition) is 1. The van der Waals surface area contributed by atoms with Gasteiger partial charge in [0, 0.05) is 43.7 Å². The van der Waals surface area contributed by atoms with E-state index in [-0.39, 0.29) is 16.7 Å². The number of halogens is 1. The summed E-state index contributed by atoms with van der Waals surface area (Å²) in [5.41, 5.74) is 1.48. The first kappa shape index (κ1) is 22.1. The fourth-order valence-corrected chi connectivity index (χ4v) is 4.71. The van der Waals surface area contributed by atoms with Gasteiger partial charge in [0.1, 0.15) is 0 Å². The number of sulfonamides is 1. The molecule has 1 fully saturated rings. The monoisotopic (exact) mass is 449 g/mol. The van der Waals surface area contributed by atoms with Gasteiger partial charge in [-0.1, -0.05) is 17.7 Å². The second kappa shape index (κ2) is 9.06. The van der Waals surface area contributed by atoms with Crippen molar-refractivity contribution < 1.29 is 18.0 Å². The van der Waals surface area contributed by atoms with Crippen molar-refractivity contribution in [3.8, 4) is 0 Å². The van der Waals surface area contributed by atoms with Gasteiger partial charge in [0.05, 0.1) is 10.6 Å². The van der Waals surface area contributed by atoms with Crippen LogP contribution < -0.4 is 9.62 Å². The van der Waals surface area contributed by atoms with E-state index in [0.29, 0.717) is 41.3 Å². The Balaban J connectivity index is 1.74. The van der Waals surface area contributed by atoms with Gasteiger partial charge >= 0.3 is 0 Å². The largest absolute Gasteiger partial charge is 0.350 e. The van der Waals surface area contributed by atoms with Crippen LogP contribution in [0.3, 0.4) is 0 Å². The molecule has 0 aliphatic carbocycles. The highest BCUT2D eigenvalue weighted by Gasteiger charge is 2.24. The van der Waals surface area contributed by atoms with Crippen molar-refractivity contribution in [2.45, 2.75) is 24.7 Å². The van der Waals surface area contributed by atoms with Crippen molar-refractivity contribution in [3.63, 3.8) is 0 Å². The quantitative estimate of drug-likeness (QED) is 0.704. The van der Waals surface area contributed by atoms with Crippen molar-refractivity contribution in [2.24, 2.45) is 0 Å². The maximum atomic E-state index is 13.0.